The van der Waals surface area contributed by atoms with Crippen molar-refractivity contribution in [1.82, 2.24) is 20.3 Å². The van der Waals surface area contributed by atoms with Crippen molar-refractivity contribution >= 4 is 11.7 Å². The third kappa shape index (κ3) is 3.53. The van der Waals surface area contributed by atoms with Gasteiger partial charge in [0, 0.05) is 31.4 Å². The number of anilines is 1. The minimum Gasteiger partial charge on any atom is -0.448 e. The molecule has 1 fully saturated rings. The molecule has 1 saturated heterocycles. The van der Waals surface area contributed by atoms with Gasteiger partial charge < -0.3 is 19.7 Å². The SMILES string of the molecule is Cc1cc(N2CCC[C@](O)(CNC(=O)c3ncoc3C)C2)ncn1. The zero-order valence-corrected chi connectivity index (χ0v) is 13.8. The number of oxazole rings is 1. The number of nitrogens with zero attached hydrogens (tertiary/aromatic N) is 4. The molecule has 3 rings (SSSR count). The summed E-state index contributed by atoms with van der Waals surface area (Å²) < 4.78 is 5.03. The largest absolute Gasteiger partial charge is 0.448 e. The van der Waals surface area contributed by atoms with E-state index in [-0.39, 0.29) is 18.1 Å². The summed E-state index contributed by atoms with van der Waals surface area (Å²) in [6.07, 6.45) is 4.19. The summed E-state index contributed by atoms with van der Waals surface area (Å²) in [5, 5.41) is 13.6. The number of carbonyl (C=O) groups excluding carboxylic acids is 1. The molecule has 8 nitrogen and oxygen atoms in total. The number of nitrogens with one attached hydrogen (secondary N) is 1. The highest BCUT2D eigenvalue weighted by Crippen LogP contribution is 2.24. The summed E-state index contributed by atoms with van der Waals surface area (Å²) in [4.78, 5) is 26.4. The van der Waals surface area contributed by atoms with E-state index in [0.717, 1.165) is 24.5 Å². The lowest BCUT2D eigenvalue weighted by Crippen LogP contribution is -2.54. The van der Waals surface area contributed by atoms with Gasteiger partial charge in [-0.15, -0.1) is 0 Å². The molecule has 0 bridgehead atoms. The first-order valence-electron chi connectivity index (χ1n) is 7.91. The quantitative estimate of drug-likeness (QED) is 0.855. The van der Waals surface area contributed by atoms with Crippen LogP contribution in [0.1, 0.15) is 34.8 Å². The predicted molar refractivity (Wildman–Crippen MR) is 86.7 cm³/mol. The molecule has 0 radical (unpaired) electrons. The summed E-state index contributed by atoms with van der Waals surface area (Å²) >= 11 is 0. The van der Waals surface area contributed by atoms with Crippen LogP contribution in [0.2, 0.25) is 0 Å². The molecule has 0 aliphatic carbocycles. The third-order valence-corrected chi connectivity index (χ3v) is 4.21. The van der Waals surface area contributed by atoms with Gasteiger partial charge in [0.2, 0.25) is 0 Å². The summed E-state index contributed by atoms with van der Waals surface area (Å²) in [6.45, 7) is 4.95. The number of aryl methyl sites for hydroxylation is 2. The molecule has 2 aromatic heterocycles. The summed E-state index contributed by atoms with van der Waals surface area (Å²) in [5.74, 6) is 0.908. The summed E-state index contributed by atoms with van der Waals surface area (Å²) in [5.41, 5.74) is 0.117. The fourth-order valence-electron chi connectivity index (χ4n) is 2.92. The highest BCUT2D eigenvalue weighted by atomic mass is 16.3. The first-order chi connectivity index (χ1) is 11.5. The molecule has 3 heterocycles. The standard InChI is InChI=1S/C16H21N5O3/c1-11-6-13(19-9-18-11)21-5-3-4-16(23,8-21)7-17-15(22)14-12(2)24-10-20-14/h6,9-10,23H,3-5,7-8H2,1-2H3,(H,17,22)/t16-/m0/s1. The molecule has 0 aromatic carbocycles. The summed E-state index contributed by atoms with van der Waals surface area (Å²) in [6, 6.07) is 1.89. The van der Waals surface area contributed by atoms with Crippen molar-refractivity contribution in [2.75, 3.05) is 24.5 Å². The Labute approximate surface area is 139 Å². The molecule has 128 valence electrons. The second-order valence-electron chi connectivity index (χ2n) is 6.21. The summed E-state index contributed by atoms with van der Waals surface area (Å²) in [7, 11) is 0. The van der Waals surface area contributed by atoms with Gasteiger partial charge in [0.15, 0.2) is 12.1 Å². The van der Waals surface area contributed by atoms with E-state index in [1.54, 1.807) is 6.92 Å². The average Bonchev–Trinajstić information content (AvgIpc) is 2.99. The number of β-amino-alcohol motifs (C(OH)–C–C–N with tert-alkyl or cyclic N) is 1. The first-order valence-corrected chi connectivity index (χ1v) is 7.91. The second-order valence-corrected chi connectivity index (χ2v) is 6.21. The zero-order chi connectivity index (χ0) is 17.2. The van der Waals surface area contributed by atoms with E-state index in [0.29, 0.717) is 18.7 Å². The lowest BCUT2D eigenvalue weighted by atomic mass is 9.92. The van der Waals surface area contributed by atoms with Gasteiger partial charge in [-0.2, -0.15) is 0 Å². The molecule has 24 heavy (non-hydrogen) atoms. The molecular weight excluding hydrogens is 310 g/mol. The van der Waals surface area contributed by atoms with Crippen molar-refractivity contribution in [1.29, 1.82) is 0 Å². The molecule has 1 amide bonds. The van der Waals surface area contributed by atoms with E-state index in [4.69, 9.17) is 4.42 Å². The van der Waals surface area contributed by atoms with Crippen molar-refractivity contribution in [3.63, 3.8) is 0 Å². The molecule has 1 aliphatic heterocycles. The second kappa shape index (κ2) is 6.56. The number of rotatable bonds is 4. The molecule has 1 atom stereocenters. The number of amides is 1. The first kappa shape index (κ1) is 16.4. The maximum atomic E-state index is 12.1. The normalized spacial score (nSPS) is 20.9. The van der Waals surface area contributed by atoms with Crippen LogP contribution in [0, 0.1) is 13.8 Å². The fourth-order valence-corrected chi connectivity index (χ4v) is 2.92. The van der Waals surface area contributed by atoms with E-state index in [9.17, 15) is 9.90 Å². The lowest BCUT2D eigenvalue weighted by molar-refractivity contribution is 0.0253. The fraction of sp³-hybridized carbons (Fsp3) is 0.500. The van der Waals surface area contributed by atoms with Gasteiger partial charge in [0.05, 0.1) is 5.60 Å². The van der Waals surface area contributed by atoms with E-state index in [1.165, 1.54) is 12.7 Å². The van der Waals surface area contributed by atoms with E-state index >= 15 is 0 Å². The van der Waals surface area contributed by atoms with Crippen LogP contribution in [0.5, 0.6) is 0 Å². The Morgan fingerprint density at radius 2 is 2.25 bits per heavy atom. The van der Waals surface area contributed by atoms with Crippen LogP contribution in [0.4, 0.5) is 5.82 Å². The van der Waals surface area contributed by atoms with Crippen molar-refractivity contribution in [3.05, 3.63) is 35.9 Å². The maximum absolute atomic E-state index is 12.1. The van der Waals surface area contributed by atoms with Gasteiger partial charge in [-0.25, -0.2) is 15.0 Å². The number of piperidine rings is 1. The van der Waals surface area contributed by atoms with Gasteiger partial charge >= 0.3 is 0 Å². The minimum absolute atomic E-state index is 0.151. The molecule has 0 saturated carbocycles. The highest BCUT2D eigenvalue weighted by Gasteiger charge is 2.34. The Balaban J connectivity index is 1.64. The van der Waals surface area contributed by atoms with Gasteiger partial charge in [-0.3, -0.25) is 4.79 Å². The number of aromatic nitrogens is 3. The smallest absolute Gasteiger partial charge is 0.273 e. The molecule has 1 aliphatic rings. The molecule has 2 aromatic rings. The molecule has 8 heteroatoms. The van der Waals surface area contributed by atoms with Crippen molar-refractivity contribution in [2.24, 2.45) is 0 Å². The highest BCUT2D eigenvalue weighted by molar-refractivity contribution is 5.93. The van der Waals surface area contributed by atoms with Crippen molar-refractivity contribution < 1.29 is 14.3 Å². The monoisotopic (exact) mass is 331 g/mol. The lowest BCUT2D eigenvalue weighted by Gasteiger charge is -2.39. The zero-order valence-electron chi connectivity index (χ0n) is 13.8. The Bertz CT molecular complexity index is 732. The van der Waals surface area contributed by atoms with Crippen LogP contribution in [-0.4, -0.2) is 51.2 Å². The average molecular weight is 331 g/mol. The van der Waals surface area contributed by atoms with Crippen LogP contribution in [0.25, 0.3) is 0 Å². The van der Waals surface area contributed by atoms with Gasteiger partial charge in [-0.05, 0) is 26.7 Å². The van der Waals surface area contributed by atoms with E-state index < -0.39 is 5.60 Å². The molecular formula is C16H21N5O3. The Morgan fingerprint density at radius 3 is 2.96 bits per heavy atom. The van der Waals surface area contributed by atoms with Crippen LogP contribution in [0.15, 0.2) is 23.2 Å². The number of hydrogen-bond acceptors (Lipinski definition) is 7. The van der Waals surface area contributed by atoms with Crippen molar-refractivity contribution in [3.8, 4) is 0 Å². The van der Waals surface area contributed by atoms with Crippen LogP contribution in [-0.2, 0) is 0 Å². The Kier molecular flexibility index (Phi) is 4.48. The van der Waals surface area contributed by atoms with Gasteiger partial charge in [-0.1, -0.05) is 0 Å². The van der Waals surface area contributed by atoms with E-state index in [2.05, 4.69) is 20.3 Å². The van der Waals surface area contributed by atoms with Gasteiger partial charge in [0.1, 0.15) is 17.9 Å². The molecule has 2 N–H and O–H groups in total. The predicted octanol–water partition coefficient (Wildman–Crippen LogP) is 0.843. The minimum atomic E-state index is -1.01. The number of hydrogen-bond donors (Lipinski definition) is 2. The topological polar surface area (TPSA) is 104 Å². The van der Waals surface area contributed by atoms with Crippen LogP contribution >= 0.6 is 0 Å². The molecule has 0 spiro atoms. The number of carbonyl (C=O) groups is 1. The third-order valence-electron chi connectivity index (χ3n) is 4.21. The Hall–Kier alpha value is -2.48. The van der Waals surface area contributed by atoms with Gasteiger partial charge in [0.25, 0.3) is 5.91 Å². The molecule has 0 unspecified atom stereocenters. The number of aliphatic hydroxyl groups is 1. The van der Waals surface area contributed by atoms with E-state index in [1.807, 2.05) is 17.9 Å². The Morgan fingerprint density at radius 1 is 1.42 bits per heavy atom. The maximum Gasteiger partial charge on any atom is 0.273 e. The van der Waals surface area contributed by atoms with Crippen molar-refractivity contribution in [2.45, 2.75) is 32.3 Å². The van der Waals surface area contributed by atoms with Crippen LogP contribution < -0.4 is 10.2 Å². The van der Waals surface area contributed by atoms with Crippen LogP contribution in [0.3, 0.4) is 0 Å².